The molecule has 0 bridgehead atoms. The van der Waals surface area contributed by atoms with Gasteiger partial charge in [-0.2, -0.15) is 5.10 Å². The molecule has 0 fully saturated rings. The van der Waals surface area contributed by atoms with Gasteiger partial charge in [-0.15, -0.1) is 0 Å². The fourth-order valence-corrected chi connectivity index (χ4v) is 2.24. The third-order valence-electron chi connectivity index (χ3n) is 3.41. The van der Waals surface area contributed by atoms with Crippen LogP contribution in [0.1, 0.15) is 28.7 Å². The monoisotopic (exact) mass is 287 g/mol. The number of rotatable bonds is 4. The summed E-state index contributed by atoms with van der Waals surface area (Å²) < 4.78 is 1.83. The number of nitrogens with one attached hydrogen (secondary N) is 1. The maximum absolute atomic E-state index is 12.4. The number of carbonyl (C=O) groups is 1. The number of pyridine rings is 1. The standard InChI is InChI=1S/C15H21N5O/c1-6-20-11(3)14(10(2)18-20)15(21)17-13-8-7-12(9-16-13)19(4)5/h7-9H,6H2,1-5H3,(H,16,17,21). The fourth-order valence-electron chi connectivity index (χ4n) is 2.24. The lowest BCUT2D eigenvalue weighted by molar-refractivity contribution is 0.102. The maximum atomic E-state index is 12.4. The molecule has 0 aromatic carbocycles. The third-order valence-corrected chi connectivity index (χ3v) is 3.41. The molecular weight excluding hydrogens is 266 g/mol. The Morgan fingerprint density at radius 2 is 2.05 bits per heavy atom. The SMILES string of the molecule is CCn1nc(C)c(C(=O)Nc2ccc(N(C)C)cn2)c1C. The summed E-state index contributed by atoms with van der Waals surface area (Å²) >= 11 is 0. The van der Waals surface area contributed by atoms with Gasteiger partial charge in [-0.1, -0.05) is 0 Å². The number of carbonyl (C=O) groups excluding carboxylic acids is 1. The number of hydrogen-bond acceptors (Lipinski definition) is 4. The van der Waals surface area contributed by atoms with Gasteiger partial charge in [-0.05, 0) is 32.9 Å². The first-order valence-corrected chi connectivity index (χ1v) is 6.92. The van der Waals surface area contributed by atoms with Gasteiger partial charge in [-0.25, -0.2) is 4.98 Å². The van der Waals surface area contributed by atoms with Gasteiger partial charge in [0.1, 0.15) is 5.82 Å². The number of aromatic nitrogens is 3. The van der Waals surface area contributed by atoms with Crippen molar-refractivity contribution in [3.05, 3.63) is 35.3 Å². The van der Waals surface area contributed by atoms with E-state index in [-0.39, 0.29) is 5.91 Å². The first kappa shape index (κ1) is 15.0. The van der Waals surface area contributed by atoms with Crippen LogP contribution in [0.3, 0.4) is 0 Å². The van der Waals surface area contributed by atoms with Gasteiger partial charge in [0, 0.05) is 26.3 Å². The Morgan fingerprint density at radius 3 is 2.52 bits per heavy atom. The summed E-state index contributed by atoms with van der Waals surface area (Å²) in [6.45, 7) is 6.50. The lowest BCUT2D eigenvalue weighted by Crippen LogP contribution is -2.15. The quantitative estimate of drug-likeness (QED) is 0.936. The molecule has 0 spiro atoms. The van der Waals surface area contributed by atoms with Crippen molar-refractivity contribution in [1.29, 1.82) is 0 Å². The second-order valence-corrected chi connectivity index (χ2v) is 5.11. The van der Waals surface area contributed by atoms with Crippen molar-refractivity contribution in [2.45, 2.75) is 27.3 Å². The van der Waals surface area contributed by atoms with Crippen molar-refractivity contribution in [2.75, 3.05) is 24.3 Å². The van der Waals surface area contributed by atoms with Gasteiger partial charge >= 0.3 is 0 Å². The zero-order valence-electron chi connectivity index (χ0n) is 13.1. The predicted molar refractivity (Wildman–Crippen MR) is 83.9 cm³/mol. The number of hydrogen-bond donors (Lipinski definition) is 1. The highest BCUT2D eigenvalue weighted by molar-refractivity contribution is 6.05. The molecule has 1 amide bonds. The molecule has 0 unspecified atom stereocenters. The Balaban J connectivity index is 2.20. The minimum absolute atomic E-state index is 0.171. The van der Waals surface area contributed by atoms with Crippen molar-refractivity contribution >= 4 is 17.4 Å². The van der Waals surface area contributed by atoms with Gasteiger partial charge in [0.25, 0.3) is 5.91 Å². The average Bonchev–Trinajstić information content (AvgIpc) is 2.73. The number of amides is 1. The van der Waals surface area contributed by atoms with Crippen molar-refractivity contribution in [1.82, 2.24) is 14.8 Å². The summed E-state index contributed by atoms with van der Waals surface area (Å²) in [7, 11) is 3.89. The average molecular weight is 287 g/mol. The zero-order valence-corrected chi connectivity index (χ0v) is 13.1. The minimum atomic E-state index is -0.171. The Kier molecular flexibility index (Phi) is 4.26. The molecule has 112 valence electrons. The molecule has 21 heavy (non-hydrogen) atoms. The molecule has 2 heterocycles. The van der Waals surface area contributed by atoms with Crippen molar-refractivity contribution in [3.8, 4) is 0 Å². The van der Waals surface area contributed by atoms with E-state index < -0.39 is 0 Å². The predicted octanol–water partition coefficient (Wildman–Crippen LogP) is 2.23. The lowest BCUT2D eigenvalue weighted by Gasteiger charge is -2.12. The first-order valence-electron chi connectivity index (χ1n) is 6.92. The summed E-state index contributed by atoms with van der Waals surface area (Å²) in [5.74, 6) is 0.364. The van der Waals surface area contributed by atoms with Crippen LogP contribution in [0, 0.1) is 13.8 Å². The maximum Gasteiger partial charge on any atom is 0.260 e. The van der Waals surface area contributed by atoms with Crippen LogP contribution in [-0.2, 0) is 6.54 Å². The van der Waals surface area contributed by atoms with E-state index in [0.717, 1.165) is 23.6 Å². The van der Waals surface area contributed by atoms with Crippen molar-refractivity contribution < 1.29 is 4.79 Å². The zero-order chi connectivity index (χ0) is 15.6. The molecule has 0 atom stereocenters. The van der Waals surface area contributed by atoms with E-state index in [4.69, 9.17) is 0 Å². The molecule has 2 rings (SSSR count). The Morgan fingerprint density at radius 1 is 1.33 bits per heavy atom. The number of aryl methyl sites for hydroxylation is 2. The molecule has 6 nitrogen and oxygen atoms in total. The summed E-state index contributed by atoms with van der Waals surface area (Å²) in [6.07, 6.45) is 1.73. The first-order chi connectivity index (χ1) is 9.93. The summed E-state index contributed by atoms with van der Waals surface area (Å²) in [5.41, 5.74) is 3.21. The molecule has 2 aromatic heterocycles. The highest BCUT2D eigenvalue weighted by Gasteiger charge is 2.18. The molecule has 0 radical (unpaired) electrons. The molecule has 6 heteroatoms. The molecule has 0 aliphatic rings. The minimum Gasteiger partial charge on any atom is -0.376 e. The molecule has 0 aliphatic heterocycles. The summed E-state index contributed by atoms with van der Waals surface area (Å²) in [5, 5.41) is 7.18. The van der Waals surface area contributed by atoms with Crippen LogP contribution in [0.2, 0.25) is 0 Å². The third kappa shape index (κ3) is 3.04. The summed E-state index contributed by atoms with van der Waals surface area (Å²) in [4.78, 5) is 18.6. The Labute approximate surface area is 124 Å². The molecule has 0 saturated heterocycles. The van der Waals surface area contributed by atoms with Gasteiger partial charge in [0.2, 0.25) is 0 Å². The van der Waals surface area contributed by atoms with Crippen LogP contribution < -0.4 is 10.2 Å². The van der Waals surface area contributed by atoms with Crippen LogP contribution in [0.25, 0.3) is 0 Å². The van der Waals surface area contributed by atoms with Gasteiger partial charge in [0.15, 0.2) is 0 Å². The molecule has 2 aromatic rings. The number of nitrogens with zero attached hydrogens (tertiary/aromatic N) is 4. The molecule has 1 N–H and O–H groups in total. The van der Waals surface area contributed by atoms with E-state index >= 15 is 0 Å². The van der Waals surface area contributed by atoms with Crippen LogP contribution in [-0.4, -0.2) is 34.8 Å². The van der Waals surface area contributed by atoms with Crippen LogP contribution in [0.5, 0.6) is 0 Å². The topological polar surface area (TPSA) is 63.1 Å². The van der Waals surface area contributed by atoms with Crippen LogP contribution in [0.15, 0.2) is 18.3 Å². The van der Waals surface area contributed by atoms with Gasteiger partial charge in [-0.3, -0.25) is 9.48 Å². The lowest BCUT2D eigenvalue weighted by atomic mass is 10.2. The smallest absolute Gasteiger partial charge is 0.260 e. The normalized spacial score (nSPS) is 10.5. The van der Waals surface area contributed by atoms with E-state index in [0.29, 0.717) is 11.4 Å². The Hall–Kier alpha value is -2.37. The largest absolute Gasteiger partial charge is 0.376 e. The Bertz CT molecular complexity index is 643. The highest BCUT2D eigenvalue weighted by atomic mass is 16.1. The molecule has 0 aliphatic carbocycles. The molecular formula is C15H21N5O. The van der Waals surface area contributed by atoms with E-state index in [1.165, 1.54) is 0 Å². The van der Waals surface area contributed by atoms with Gasteiger partial charge in [0.05, 0.1) is 23.1 Å². The van der Waals surface area contributed by atoms with Crippen LogP contribution in [0.4, 0.5) is 11.5 Å². The van der Waals surface area contributed by atoms with E-state index in [1.807, 2.05) is 50.5 Å². The second-order valence-electron chi connectivity index (χ2n) is 5.11. The number of anilines is 2. The summed E-state index contributed by atoms with van der Waals surface area (Å²) in [6, 6.07) is 3.71. The van der Waals surface area contributed by atoms with E-state index in [1.54, 1.807) is 12.3 Å². The molecule has 0 saturated carbocycles. The second kappa shape index (κ2) is 5.95. The van der Waals surface area contributed by atoms with Crippen molar-refractivity contribution in [3.63, 3.8) is 0 Å². The van der Waals surface area contributed by atoms with E-state index in [9.17, 15) is 4.79 Å². The van der Waals surface area contributed by atoms with E-state index in [2.05, 4.69) is 15.4 Å². The van der Waals surface area contributed by atoms with Crippen molar-refractivity contribution in [2.24, 2.45) is 0 Å². The fraction of sp³-hybridized carbons (Fsp3) is 0.400. The highest BCUT2D eigenvalue weighted by Crippen LogP contribution is 2.16. The van der Waals surface area contributed by atoms with Crippen LogP contribution >= 0.6 is 0 Å². The van der Waals surface area contributed by atoms with Gasteiger partial charge < -0.3 is 10.2 Å².